The van der Waals surface area contributed by atoms with Crippen molar-refractivity contribution in [2.45, 2.75) is 50.2 Å². The highest BCUT2D eigenvalue weighted by Crippen LogP contribution is 2.42. The van der Waals surface area contributed by atoms with Crippen LogP contribution in [0.5, 0.6) is 11.5 Å². The molecule has 2 saturated heterocycles. The minimum atomic E-state index is -5.08. The minimum Gasteiger partial charge on any atom is -0.496 e. The second-order valence-electron chi connectivity index (χ2n) is 9.98. The Morgan fingerprint density at radius 1 is 1.00 bits per heavy atom. The Labute approximate surface area is 237 Å². The van der Waals surface area contributed by atoms with Crippen molar-refractivity contribution in [3.05, 3.63) is 53.6 Å². The highest BCUT2D eigenvalue weighted by Gasteiger charge is 2.39. The molecule has 2 aliphatic rings. The number of benzene rings is 2. The fourth-order valence-corrected chi connectivity index (χ4v) is 5.62. The van der Waals surface area contributed by atoms with E-state index in [4.69, 9.17) is 19.4 Å². The van der Waals surface area contributed by atoms with Crippen LogP contribution in [0, 0.1) is 5.41 Å². The molecule has 0 radical (unpaired) electrons. The molecular weight excluding hydrogens is 545 g/mol. The molecule has 11 heteroatoms. The fourth-order valence-electron chi connectivity index (χ4n) is 5.19. The Bertz CT molecular complexity index is 1140. The molecule has 1 amide bonds. The average Bonchev–Trinajstić information content (AvgIpc) is 2.95. The van der Waals surface area contributed by atoms with E-state index >= 15 is 0 Å². The molecule has 2 aromatic carbocycles. The number of rotatable bonds is 7. The van der Waals surface area contributed by atoms with Gasteiger partial charge in [0, 0.05) is 30.1 Å². The standard InChI is InChI=1S/C27H36N2O3S.C2HF3O2/c1-4-32-24-8-6-5-7-21(24)20-28-15-11-27(12-16-28)13-17-29(18-14-27)26(30)23-10-9-22(33-3)19-25(23)31-2;3-2(4,5)1(6)7/h5-10,19H,4,11-18,20H2,1-3H3;(H,6,7). The lowest BCUT2D eigenvalue weighted by molar-refractivity contribution is -0.192. The topological polar surface area (TPSA) is 79.3 Å². The molecule has 7 nitrogen and oxygen atoms in total. The van der Waals surface area contributed by atoms with E-state index < -0.39 is 12.1 Å². The van der Waals surface area contributed by atoms with Gasteiger partial charge in [-0.3, -0.25) is 9.69 Å². The Kier molecular flexibility index (Phi) is 11.2. The van der Waals surface area contributed by atoms with E-state index in [-0.39, 0.29) is 5.91 Å². The lowest BCUT2D eigenvalue weighted by Crippen LogP contribution is -2.48. The van der Waals surface area contributed by atoms with Gasteiger partial charge in [-0.15, -0.1) is 11.8 Å². The van der Waals surface area contributed by atoms with Crippen LogP contribution in [0.3, 0.4) is 0 Å². The van der Waals surface area contributed by atoms with E-state index in [1.165, 1.54) is 18.4 Å². The number of carboxylic acids is 1. The first-order valence-corrected chi connectivity index (χ1v) is 14.5. The van der Waals surface area contributed by atoms with E-state index in [0.29, 0.717) is 23.3 Å². The predicted octanol–water partition coefficient (Wildman–Crippen LogP) is 5.97. The maximum absolute atomic E-state index is 13.2. The molecule has 0 aliphatic carbocycles. The van der Waals surface area contributed by atoms with Gasteiger partial charge < -0.3 is 19.5 Å². The number of carbonyl (C=O) groups is 2. The number of para-hydroxylation sites is 1. The second-order valence-corrected chi connectivity index (χ2v) is 10.9. The summed E-state index contributed by atoms with van der Waals surface area (Å²) in [5.41, 5.74) is 2.32. The molecule has 220 valence electrons. The summed E-state index contributed by atoms with van der Waals surface area (Å²) < 4.78 is 43.1. The molecule has 2 heterocycles. The van der Waals surface area contributed by atoms with Crippen molar-refractivity contribution in [2.24, 2.45) is 5.41 Å². The molecular formula is C29H37F3N2O5S. The first-order valence-electron chi connectivity index (χ1n) is 13.3. The molecule has 2 fully saturated rings. The summed E-state index contributed by atoms with van der Waals surface area (Å²) in [6, 6.07) is 14.3. The van der Waals surface area contributed by atoms with Crippen molar-refractivity contribution in [3.63, 3.8) is 0 Å². The van der Waals surface area contributed by atoms with E-state index in [1.807, 2.05) is 42.3 Å². The average molecular weight is 583 g/mol. The van der Waals surface area contributed by atoms with Crippen molar-refractivity contribution < 1.29 is 37.3 Å². The molecule has 1 N–H and O–H groups in total. The van der Waals surface area contributed by atoms with Crippen molar-refractivity contribution in [2.75, 3.05) is 46.2 Å². The number of carboxylic acid groups (broad SMARTS) is 1. The Morgan fingerprint density at radius 2 is 1.60 bits per heavy atom. The second kappa shape index (κ2) is 14.1. The number of ether oxygens (including phenoxy) is 2. The minimum absolute atomic E-state index is 0.0966. The smallest absolute Gasteiger partial charge is 0.490 e. The van der Waals surface area contributed by atoms with Gasteiger partial charge in [-0.2, -0.15) is 13.2 Å². The van der Waals surface area contributed by atoms with Gasteiger partial charge in [0.1, 0.15) is 11.5 Å². The summed E-state index contributed by atoms with van der Waals surface area (Å²) in [6.07, 6.45) is 1.54. The van der Waals surface area contributed by atoms with Gasteiger partial charge in [0.25, 0.3) is 5.91 Å². The normalized spacial score (nSPS) is 17.1. The zero-order valence-electron chi connectivity index (χ0n) is 23.1. The number of carbonyl (C=O) groups excluding carboxylic acids is 1. The Balaban J connectivity index is 0.000000559. The van der Waals surface area contributed by atoms with Gasteiger partial charge in [-0.1, -0.05) is 18.2 Å². The largest absolute Gasteiger partial charge is 0.496 e. The van der Waals surface area contributed by atoms with Gasteiger partial charge in [0.2, 0.25) is 0 Å². The van der Waals surface area contributed by atoms with Gasteiger partial charge >= 0.3 is 12.1 Å². The number of halogens is 3. The van der Waals surface area contributed by atoms with Gasteiger partial charge in [0.05, 0.1) is 19.3 Å². The summed E-state index contributed by atoms with van der Waals surface area (Å²) in [5.74, 6) is -0.979. The van der Waals surface area contributed by atoms with Crippen LogP contribution in [0.4, 0.5) is 13.2 Å². The van der Waals surface area contributed by atoms with Crippen LogP contribution in [-0.2, 0) is 11.3 Å². The number of nitrogens with zero attached hydrogens (tertiary/aromatic N) is 2. The van der Waals surface area contributed by atoms with Crippen LogP contribution in [0.15, 0.2) is 47.4 Å². The monoisotopic (exact) mass is 582 g/mol. The summed E-state index contributed by atoms with van der Waals surface area (Å²) in [5, 5.41) is 7.12. The number of thioether (sulfide) groups is 1. The zero-order valence-corrected chi connectivity index (χ0v) is 23.9. The van der Waals surface area contributed by atoms with Crippen LogP contribution in [-0.4, -0.2) is 79.1 Å². The summed E-state index contributed by atoms with van der Waals surface area (Å²) >= 11 is 1.66. The van der Waals surface area contributed by atoms with E-state index in [0.717, 1.165) is 56.2 Å². The van der Waals surface area contributed by atoms with Crippen molar-refractivity contribution in [3.8, 4) is 11.5 Å². The zero-order chi connectivity index (χ0) is 29.3. The number of likely N-dealkylation sites (tertiary alicyclic amines) is 2. The van der Waals surface area contributed by atoms with Crippen LogP contribution in [0.1, 0.15) is 48.5 Å². The molecule has 2 aliphatic heterocycles. The Morgan fingerprint density at radius 3 is 2.15 bits per heavy atom. The molecule has 4 rings (SSSR count). The number of methoxy groups -OCH3 is 1. The molecule has 0 saturated carbocycles. The summed E-state index contributed by atoms with van der Waals surface area (Å²) in [7, 11) is 1.64. The van der Waals surface area contributed by atoms with Crippen molar-refractivity contribution in [1.29, 1.82) is 0 Å². The third kappa shape index (κ3) is 8.30. The fraction of sp³-hybridized carbons (Fsp3) is 0.517. The third-order valence-corrected chi connectivity index (χ3v) is 8.30. The summed E-state index contributed by atoms with van der Waals surface area (Å²) in [4.78, 5) is 27.8. The molecule has 0 atom stereocenters. The van der Waals surface area contributed by atoms with Crippen LogP contribution in [0.2, 0.25) is 0 Å². The lowest BCUT2D eigenvalue weighted by atomic mass is 9.71. The van der Waals surface area contributed by atoms with Crippen LogP contribution < -0.4 is 9.47 Å². The van der Waals surface area contributed by atoms with Gasteiger partial charge in [-0.25, -0.2) is 4.79 Å². The van der Waals surface area contributed by atoms with Gasteiger partial charge in [0.15, 0.2) is 0 Å². The van der Waals surface area contributed by atoms with E-state index in [2.05, 4.69) is 23.1 Å². The Hall–Kier alpha value is -2.92. The highest BCUT2D eigenvalue weighted by atomic mass is 32.2. The van der Waals surface area contributed by atoms with Crippen molar-refractivity contribution in [1.82, 2.24) is 9.80 Å². The molecule has 40 heavy (non-hydrogen) atoms. The third-order valence-electron chi connectivity index (χ3n) is 7.58. The molecule has 0 bridgehead atoms. The number of amides is 1. The first-order chi connectivity index (χ1) is 19.0. The molecule has 1 spiro atoms. The number of alkyl halides is 3. The number of hydrogen-bond acceptors (Lipinski definition) is 6. The highest BCUT2D eigenvalue weighted by molar-refractivity contribution is 7.98. The quantitative estimate of drug-likeness (QED) is 0.403. The van der Waals surface area contributed by atoms with Crippen LogP contribution >= 0.6 is 11.8 Å². The summed E-state index contributed by atoms with van der Waals surface area (Å²) in [6.45, 7) is 7.56. The maximum Gasteiger partial charge on any atom is 0.490 e. The predicted molar refractivity (Wildman–Crippen MR) is 148 cm³/mol. The van der Waals surface area contributed by atoms with Crippen molar-refractivity contribution >= 4 is 23.6 Å². The van der Waals surface area contributed by atoms with Gasteiger partial charge in [-0.05, 0) is 81.6 Å². The number of aliphatic carboxylic acids is 1. The molecule has 2 aromatic rings. The number of hydrogen-bond donors (Lipinski definition) is 1. The van der Waals surface area contributed by atoms with Crippen LogP contribution in [0.25, 0.3) is 0 Å². The lowest BCUT2D eigenvalue weighted by Gasteiger charge is -2.47. The molecule has 0 unspecified atom stereocenters. The number of piperidine rings is 2. The van der Waals surface area contributed by atoms with E-state index in [1.54, 1.807) is 18.9 Å². The first kappa shape index (κ1) is 31.6. The SMILES string of the molecule is CCOc1ccccc1CN1CCC2(CC1)CCN(C(=O)c1ccc(SC)cc1OC)CC2.O=C(O)C(F)(F)F. The maximum atomic E-state index is 13.2. The van der Waals surface area contributed by atoms with E-state index in [9.17, 15) is 18.0 Å². The molecule has 0 aromatic heterocycles.